The zero-order valence-electron chi connectivity index (χ0n) is 19.6. The van der Waals surface area contributed by atoms with Crippen LogP contribution in [0.5, 0.6) is 5.75 Å². The van der Waals surface area contributed by atoms with Crippen LogP contribution in [0.1, 0.15) is 45.6 Å². The van der Waals surface area contributed by atoms with Gasteiger partial charge >= 0.3 is 11.9 Å². The smallest absolute Gasteiger partial charge is 0.342 e. The topological polar surface area (TPSA) is 113 Å². The molecule has 1 aliphatic heterocycles. The lowest BCUT2D eigenvalue weighted by atomic mass is 9.95. The molecule has 2 atom stereocenters. The molecule has 1 amide bonds. The van der Waals surface area contributed by atoms with Gasteiger partial charge in [0, 0.05) is 17.9 Å². The fraction of sp³-hybridized carbons (Fsp3) is 0.250. The first-order valence-electron chi connectivity index (χ1n) is 10.7. The average Bonchev–Trinajstić information content (AvgIpc) is 2.74. The molecular weight excluding hydrogens is 386 g/mol. The van der Waals surface area contributed by atoms with E-state index in [4.69, 9.17) is 23.2 Å². The Morgan fingerprint density at radius 3 is 2.71 bits per heavy atom. The lowest BCUT2D eigenvalue weighted by Gasteiger charge is -2.24. The third-order valence-electron chi connectivity index (χ3n) is 4.17. The SMILES string of the molecule is [2H]c1c([2H])c([2H])c(C[C@@H](NC(=O)c2cc(Cl)c3c(c2O)C(=O)O[C@H](C)C3)C(=O)O)c([2H])c1[2H]. The number of rotatable bonds is 5. The van der Waals surface area contributed by atoms with Gasteiger partial charge in [0.05, 0.1) is 12.4 Å². The van der Waals surface area contributed by atoms with E-state index in [0.29, 0.717) is 5.56 Å². The third kappa shape index (κ3) is 3.94. The Kier molecular flexibility index (Phi) is 3.95. The number of carboxylic acid groups (broad SMARTS) is 1. The van der Waals surface area contributed by atoms with Crippen LogP contribution in [0, 0.1) is 0 Å². The Bertz CT molecular complexity index is 1180. The molecular formula is C20H18ClNO6. The highest BCUT2D eigenvalue weighted by atomic mass is 35.5. The molecule has 0 aliphatic carbocycles. The number of cyclic esters (lactones) is 1. The predicted octanol–water partition coefficient (Wildman–Crippen LogP) is 2.57. The van der Waals surface area contributed by atoms with Gasteiger partial charge in [0.25, 0.3) is 5.91 Å². The van der Waals surface area contributed by atoms with Crippen molar-refractivity contribution in [2.45, 2.75) is 31.9 Å². The zero-order chi connectivity index (χ0) is 24.8. The van der Waals surface area contributed by atoms with Crippen molar-refractivity contribution in [1.82, 2.24) is 5.32 Å². The van der Waals surface area contributed by atoms with Crippen LogP contribution in [0.4, 0.5) is 0 Å². The first kappa shape index (κ1) is 14.0. The summed E-state index contributed by atoms with van der Waals surface area (Å²) in [4.78, 5) is 36.8. The minimum Gasteiger partial charge on any atom is -0.506 e. The summed E-state index contributed by atoms with van der Waals surface area (Å²) in [5, 5.41) is 22.2. The van der Waals surface area contributed by atoms with Gasteiger partial charge in [-0.3, -0.25) is 4.79 Å². The number of nitrogens with one attached hydrogen (secondary N) is 1. The number of benzene rings is 2. The summed E-state index contributed by atoms with van der Waals surface area (Å²) < 4.78 is 44.0. The molecule has 0 bridgehead atoms. The highest BCUT2D eigenvalue weighted by molar-refractivity contribution is 6.32. The second-order valence-electron chi connectivity index (χ2n) is 6.20. The van der Waals surface area contributed by atoms with Crippen LogP contribution in [0.25, 0.3) is 0 Å². The maximum atomic E-state index is 12.8. The number of fused-ring (bicyclic) bond motifs is 1. The van der Waals surface area contributed by atoms with E-state index in [1.54, 1.807) is 6.92 Å². The second kappa shape index (κ2) is 7.90. The molecule has 2 aromatic rings. The van der Waals surface area contributed by atoms with Crippen LogP contribution in [-0.4, -0.2) is 40.2 Å². The van der Waals surface area contributed by atoms with E-state index in [0.717, 1.165) is 6.07 Å². The summed E-state index contributed by atoms with van der Waals surface area (Å²) in [5.41, 5.74) is -0.775. The standard InChI is InChI=1S/C20H18ClNO6/c1-10-7-12-14(21)9-13(17(23)16(12)20(27)28-10)18(24)22-15(19(25)26)8-11-5-3-2-4-6-11/h2-6,9-10,15,23H,7-8H2,1H3,(H,22,24)(H,25,26)/t10-,15-/m1/s1/i2D,3D,4D,5D,6D. The van der Waals surface area contributed by atoms with Crippen LogP contribution in [0.2, 0.25) is 5.02 Å². The molecule has 0 saturated heterocycles. The summed E-state index contributed by atoms with van der Waals surface area (Å²) in [5.74, 6) is -4.25. The Hall–Kier alpha value is -3.06. The fourth-order valence-electron chi connectivity index (χ4n) is 2.86. The van der Waals surface area contributed by atoms with Crippen LogP contribution in [0.15, 0.2) is 36.3 Å². The van der Waals surface area contributed by atoms with Gasteiger partial charge in [-0.15, -0.1) is 0 Å². The van der Waals surface area contributed by atoms with E-state index >= 15 is 0 Å². The van der Waals surface area contributed by atoms with Crippen LogP contribution < -0.4 is 5.32 Å². The number of phenols is 1. The number of carbonyl (C=O) groups is 3. The molecule has 3 rings (SSSR count). The highest BCUT2D eigenvalue weighted by Crippen LogP contribution is 2.36. The van der Waals surface area contributed by atoms with Gasteiger partial charge in [-0.25, -0.2) is 9.59 Å². The predicted molar refractivity (Wildman–Crippen MR) is 101 cm³/mol. The van der Waals surface area contributed by atoms with Crippen molar-refractivity contribution in [3.63, 3.8) is 0 Å². The van der Waals surface area contributed by atoms with Crippen molar-refractivity contribution in [2.75, 3.05) is 0 Å². The van der Waals surface area contributed by atoms with Crippen LogP contribution >= 0.6 is 11.6 Å². The summed E-state index contributed by atoms with van der Waals surface area (Å²) in [7, 11) is 0. The van der Waals surface area contributed by atoms with Gasteiger partial charge in [-0.1, -0.05) is 41.8 Å². The van der Waals surface area contributed by atoms with Crippen molar-refractivity contribution >= 4 is 29.4 Å². The quantitative estimate of drug-likeness (QED) is 0.655. The number of aliphatic carboxylic acids is 1. The Labute approximate surface area is 172 Å². The van der Waals surface area contributed by atoms with Crippen LogP contribution in [-0.2, 0) is 22.4 Å². The number of hydrogen-bond acceptors (Lipinski definition) is 5. The fourth-order valence-corrected chi connectivity index (χ4v) is 3.14. The number of ether oxygens (including phenoxy) is 1. The van der Waals surface area contributed by atoms with E-state index in [9.17, 15) is 24.6 Å². The summed E-state index contributed by atoms with van der Waals surface area (Å²) in [6.45, 7) is 1.63. The van der Waals surface area contributed by atoms with E-state index in [2.05, 4.69) is 5.32 Å². The molecule has 0 radical (unpaired) electrons. The van der Waals surface area contributed by atoms with Gasteiger partial charge in [0.15, 0.2) is 0 Å². The number of hydrogen-bond donors (Lipinski definition) is 3. The maximum Gasteiger partial charge on any atom is 0.342 e. The van der Waals surface area contributed by atoms with Crippen molar-refractivity contribution in [3.05, 3.63) is 63.6 Å². The van der Waals surface area contributed by atoms with Gasteiger partial charge in [-0.2, -0.15) is 0 Å². The van der Waals surface area contributed by atoms with Crippen molar-refractivity contribution < 1.29 is 36.2 Å². The van der Waals surface area contributed by atoms with Crippen molar-refractivity contribution in [2.24, 2.45) is 0 Å². The van der Waals surface area contributed by atoms with Crippen LogP contribution in [0.3, 0.4) is 0 Å². The molecule has 8 heteroatoms. The van der Waals surface area contributed by atoms with E-state index < -0.39 is 77.9 Å². The number of carbonyl (C=O) groups excluding carboxylic acids is 2. The van der Waals surface area contributed by atoms with E-state index in [-0.39, 0.29) is 22.6 Å². The minimum absolute atomic E-state index is 0.00828. The van der Waals surface area contributed by atoms with Gasteiger partial charge in [-0.05, 0) is 24.1 Å². The van der Waals surface area contributed by atoms with Gasteiger partial charge in [0.2, 0.25) is 0 Å². The molecule has 0 aromatic heterocycles. The molecule has 28 heavy (non-hydrogen) atoms. The Morgan fingerprint density at radius 1 is 1.39 bits per heavy atom. The van der Waals surface area contributed by atoms with Gasteiger partial charge in [0.1, 0.15) is 23.5 Å². The van der Waals surface area contributed by atoms with Gasteiger partial charge < -0.3 is 20.3 Å². The molecule has 0 fully saturated rings. The molecule has 1 aliphatic rings. The number of carboxylic acids is 1. The number of halogens is 1. The number of phenolic OH excluding ortho intramolecular Hbond substituents is 1. The number of aromatic hydroxyl groups is 1. The molecule has 7 nitrogen and oxygen atoms in total. The number of amides is 1. The number of esters is 1. The lowest BCUT2D eigenvalue weighted by molar-refractivity contribution is -0.139. The molecule has 3 N–H and O–H groups in total. The molecule has 0 saturated carbocycles. The summed E-state index contributed by atoms with van der Waals surface area (Å²) in [6, 6.07) is -3.75. The highest BCUT2D eigenvalue weighted by Gasteiger charge is 2.33. The zero-order valence-corrected chi connectivity index (χ0v) is 15.3. The molecule has 146 valence electrons. The van der Waals surface area contributed by atoms with E-state index in [1.165, 1.54) is 0 Å². The Morgan fingerprint density at radius 2 is 2.07 bits per heavy atom. The average molecular weight is 409 g/mol. The normalized spacial score (nSPS) is 19.1. The lowest BCUT2D eigenvalue weighted by Crippen LogP contribution is -2.42. The summed E-state index contributed by atoms with van der Waals surface area (Å²) >= 11 is 6.19. The molecule has 1 heterocycles. The first-order chi connectivity index (χ1) is 15.3. The largest absolute Gasteiger partial charge is 0.506 e. The molecule has 0 spiro atoms. The molecule has 0 unspecified atom stereocenters. The second-order valence-corrected chi connectivity index (χ2v) is 6.61. The first-order valence-corrected chi connectivity index (χ1v) is 8.57. The summed E-state index contributed by atoms with van der Waals surface area (Å²) in [6.07, 6.45) is -0.909. The Balaban J connectivity index is 1.97. The third-order valence-corrected chi connectivity index (χ3v) is 4.50. The van der Waals surface area contributed by atoms with Crippen molar-refractivity contribution in [3.8, 4) is 5.75 Å². The maximum absolute atomic E-state index is 12.8. The molecule has 2 aromatic carbocycles. The van der Waals surface area contributed by atoms with Crippen molar-refractivity contribution in [1.29, 1.82) is 0 Å². The van der Waals surface area contributed by atoms with E-state index in [1.807, 2.05) is 0 Å². The monoisotopic (exact) mass is 408 g/mol. The minimum atomic E-state index is -1.72.